The summed E-state index contributed by atoms with van der Waals surface area (Å²) in [5.41, 5.74) is 1.31. The lowest BCUT2D eigenvalue weighted by Gasteiger charge is -2.07. The number of benzene rings is 2. The Kier molecular flexibility index (Phi) is 2.93. The SMILES string of the molecule is Cc1ccc(Cc2ccc(P)c3ccccc23)o1. The fourth-order valence-electron chi connectivity index (χ4n) is 2.31. The Labute approximate surface area is 109 Å². The number of rotatable bonds is 2. The third-order valence-electron chi connectivity index (χ3n) is 3.21. The number of hydrogen-bond donors (Lipinski definition) is 0. The van der Waals surface area contributed by atoms with Crippen LogP contribution in [0, 0.1) is 6.92 Å². The van der Waals surface area contributed by atoms with Crippen LogP contribution in [0.2, 0.25) is 0 Å². The second-order valence-electron chi connectivity index (χ2n) is 4.55. The lowest BCUT2D eigenvalue weighted by Crippen LogP contribution is -1.97. The minimum absolute atomic E-state index is 0.847. The quantitative estimate of drug-likeness (QED) is 0.633. The highest BCUT2D eigenvalue weighted by Crippen LogP contribution is 2.22. The van der Waals surface area contributed by atoms with Crippen molar-refractivity contribution in [2.24, 2.45) is 0 Å². The molecule has 0 saturated heterocycles. The Morgan fingerprint density at radius 3 is 2.44 bits per heavy atom. The smallest absolute Gasteiger partial charge is 0.108 e. The first-order valence-corrected chi connectivity index (χ1v) is 6.63. The van der Waals surface area contributed by atoms with E-state index in [0.717, 1.165) is 17.9 Å². The molecular formula is C16H15OP. The third-order valence-corrected chi connectivity index (χ3v) is 3.71. The van der Waals surface area contributed by atoms with Gasteiger partial charge < -0.3 is 4.42 Å². The molecule has 2 aromatic carbocycles. The zero-order chi connectivity index (χ0) is 12.5. The van der Waals surface area contributed by atoms with Gasteiger partial charge in [0.2, 0.25) is 0 Å². The van der Waals surface area contributed by atoms with Gasteiger partial charge in [-0.3, -0.25) is 0 Å². The van der Waals surface area contributed by atoms with Gasteiger partial charge in [0.25, 0.3) is 0 Å². The van der Waals surface area contributed by atoms with Crippen molar-refractivity contribution >= 4 is 25.3 Å². The highest BCUT2D eigenvalue weighted by Gasteiger charge is 2.06. The second kappa shape index (κ2) is 4.59. The number of aryl methyl sites for hydroxylation is 1. The van der Waals surface area contributed by atoms with Crippen molar-refractivity contribution in [3.63, 3.8) is 0 Å². The van der Waals surface area contributed by atoms with Gasteiger partial charge >= 0.3 is 0 Å². The van der Waals surface area contributed by atoms with E-state index in [-0.39, 0.29) is 0 Å². The Hall–Kier alpha value is -1.59. The topological polar surface area (TPSA) is 13.1 Å². The molecule has 0 fully saturated rings. The molecule has 1 heterocycles. The first kappa shape index (κ1) is 11.5. The maximum atomic E-state index is 5.66. The molecule has 0 saturated carbocycles. The highest BCUT2D eigenvalue weighted by atomic mass is 31.0. The van der Waals surface area contributed by atoms with Crippen LogP contribution in [-0.2, 0) is 6.42 Å². The molecule has 0 aliphatic carbocycles. The van der Waals surface area contributed by atoms with E-state index >= 15 is 0 Å². The Bertz CT molecular complexity index is 697. The van der Waals surface area contributed by atoms with Gasteiger partial charge in [0, 0.05) is 6.42 Å². The van der Waals surface area contributed by atoms with Crippen LogP contribution in [-0.4, -0.2) is 0 Å². The normalized spacial score (nSPS) is 11.0. The average Bonchev–Trinajstić information content (AvgIpc) is 2.79. The van der Waals surface area contributed by atoms with Gasteiger partial charge in [0.1, 0.15) is 11.5 Å². The maximum absolute atomic E-state index is 5.66. The Balaban J connectivity index is 2.09. The van der Waals surface area contributed by atoms with Crippen LogP contribution in [0.1, 0.15) is 17.1 Å². The van der Waals surface area contributed by atoms with Gasteiger partial charge in [-0.05, 0) is 40.7 Å². The molecule has 1 aromatic heterocycles. The van der Waals surface area contributed by atoms with Gasteiger partial charge in [-0.15, -0.1) is 9.24 Å². The van der Waals surface area contributed by atoms with Crippen LogP contribution in [0.25, 0.3) is 10.8 Å². The van der Waals surface area contributed by atoms with Crippen molar-refractivity contribution < 1.29 is 4.42 Å². The van der Waals surface area contributed by atoms with Gasteiger partial charge in [0.15, 0.2) is 0 Å². The van der Waals surface area contributed by atoms with Crippen molar-refractivity contribution in [2.75, 3.05) is 0 Å². The predicted molar refractivity (Wildman–Crippen MR) is 79.5 cm³/mol. The van der Waals surface area contributed by atoms with Crippen LogP contribution in [0.3, 0.4) is 0 Å². The highest BCUT2D eigenvalue weighted by molar-refractivity contribution is 7.28. The predicted octanol–water partition coefficient (Wildman–Crippen LogP) is 3.83. The maximum Gasteiger partial charge on any atom is 0.108 e. The fourth-order valence-corrected chi connectivity index (χ4v) is 2.65. The van der Waals surface area contributed by atoms with Crippen LogP contribution in [0.15, 0.2) is 52.9 Å². The van der Waals surface area contributed by atoms with Crippen LogP contribution in [0.4, 0.5) is 0 Å². The largest absolute Gasteiger partial charge is 0.466 e. The number of hydrogen-bond acceptors (Lipinski definition) is 1. The Morgan fingerprint density at radius 2 is 1.72 bits per heavy atom. The van der Waals surface area contributed by atoms with Crippen LogP contribution < -0.4 is 5.30 Å². The van der Waals surface area contributed by atoms with E-state index < -0.39 is 0 Å². The Morgan fingerprint density at radius 1 is 0.944 bits per heavy atom. The van der Waals surface area contributed by atoms with Gasteiger partial charge in [-0.1, -0.05) is 36.4 Å². The van der Waals surface area contributed by atoms with Crippen molar-refractivity contribution in [2.45, 2.75) is 13.3 Å². The molecule has 1 atom stereocenters. The van der Waals surface area contributed by atoms with Crippen molar-refractivity contribution in [3.8, 4) is 0 Å². The lowest BCUT2D eigenvalue weighted by atomic mass is 10.0. The van der Waals surface area contributed by atoms with E-state index in [9.17, 15) is 0 Å². The molecule has 3 rings (SSSR count). The van der Waals surface area contributed by atoms with Crippen molar-refractivity contribution in [3.05, 3.63) is 65.6 Å². The van der Waals surface area contributed by atoms with E-state index in [1.807, 2.05) is 13.0 Å². The fraction of sp³-hybridized carbons (Fsp3) is 0.125. The monoisotopic (exact) mass is 254 g/mol. The number of furan rings is 1. The third kappa shape index (κ3) is 2.07. The summed E-state index contributed by atoms with van der Waals surface area (Å²) in [4.78, 5) is 0. The van der Waals surface area contributed by atoms with Crippen molar-refractivity contribution in [1.82, 2.24) is 0 Å². The van der Waals surface area contributed by atoms with Crippen LogP contribution in [0.5, 0.6) is 0 Å². The summed E-state index contributed by atoms with van der Waals surface area (Å²) < 4.78 is 5.66. The van der Waals surface area contributed by atoms with Crippen molar-refractivity contribution in [1.29, 1.82) is 0 Å². The molecule has 0 spiro atoms. The van der Waals surface area contributed by atoms with E-state index in [4.69, 9.17) is 4.42 Å². The molecule has 1 unspecified atom stereocenters. The zero-order valence-electron chi connectivity index (χ0n) is 10.3. The van der Waals surface area contributed by atoms with Crippen LogP contribution >= 0.6 is 9.24 Å². The minimum atomic E-state index is 0.847. The van der Waals surface area contributed by atoms with E-state index in [1.54, 1.807) is 0 Å². The average molecular weight is 254 g/mol. The summed E-state index contributed by atoms with van der Waals surface area (Å²) in [5, 5.41) is 3.84. The molecule has 3 aromatic rings. The minimum Gasteiger partial charge on any atom is -0.466 e. The van der Waals surface area contributed by atoms with E-state index in [0.29, 0.717) is 0 Å². The first-order valence-electron chi connectivity index (χ1n) is 6.05. The molecule has 0 amide bonds. The number of fused-ring (bicyclic) bond motifs is 1. The second-order valence-corrected chi connectivity index (χ2v) is 5.17. The summed E-state index contributed by atoms with van der Waals surface area (Å²) >= 11 is 0. The van der Waals surface area contributed by atoms with E-state index in [1.165, 1.54) is 21.6 Å². The van der Waals surface area contributed by atoms with E-state index in [2.05, 4.69) is 51.7 Å². The van der Waals surface area contributed by atoms with Gasteiger partial charge in [-0.25, -0.2) is 0 Å². The molecule has 0 radical (unpaired) electrons. The molecule has 18 heavy (non-hydrogen) atoms. The summed E-state index contributed by atoms with van der Waals surface area (Å²) in [6, 6.07) is 16.9. The summed E-state index contributed by atoms with van der Waals surface area (Å²) in [5.74, 6) is 1.99. The molecule has 90 valence electrons. The molecular weight excluding hydrogens is 239 g/mol. The van der Waals surface area contributed by atoms with Gasteiger partial charge in [-0.2, -0.15) is 0 Å². The standard InChI is InChI=1S/C16H15OP/c1-11-6-8-13(17-11)10-12-7-9-16(18)15-5-3-2-4-14(12)15/h2-9H,10,18H2,1H3. The summed E-state index contributed by atoms with van der Waals surface area (Å²) in [6.07, 6.45) is 0.847. The first-order chi connectivity index (χ1) is 8.74. The molecule has 0 bridgehead atoms. The summed E-state index contributed by atoms with van der Waals surface area (Å²) in [7, 11) is 2.80. The zero-order valence-corrected chi connectivity index (χ0v) is 11.5. The molecule has 1 nitrogen and oxygen atoms in total. The molecule has 2 heteroatoms. The molecule has 0 aliphatic heterocycles. The molecule has 0 aliphatic rings. The van der Waals surface area contributed by atoms with Gasteiger partial charge in [0.05, 0.1) is 0 Å². The molecule has 0 N–H and O–H groups in total. The lowest BCUT2D eigenvalue weighted by molar-refractivity contribution is 0.493. The summed E-state index contributed by atoms with van der Waals surface area (Å²) in [6.45, 7) is 1.98.